The number of amides is 1. The van der Waals surface area contributed by atoms with Crippen molar-refractivity contribution in [2.75, 3.05) is 19.0 Å². The van der Waals surface area contributed by atoms with Gasteiger partial charge in [0.05, 0.1) is 13.2 Å². The minimum Gasteiger partial charge on any atom is -0.497 e. The van der Waals surface area contributed by atoms with Crippen molar-refractivity contribution >= 4 is 23.1 Å². The van der Waals surface area contributed by atoms with Crippen LogP contribution in [0.3, 0.4) is 0 Å². The molecule has 38 heavy (non-hydrogen) atoms. The van der Waals surface area contributed by atoms with Crippen molar-refractivity contribution in [3.8, 4) is 5.75 Å². The molecular formula is C32H42N2O4. The van der Waals surface area contributed by atoms with Crippen molar-refractivity contribution in [2.24, 2.45) is 17.8 Å². The van der Waals surface area contributed by atoms with Crippen LogP contribution in [-0.4, -0.2) is 37.0 Å². The highest BCUT2D eigenvalue weighted by Gasteiger charge is 2.32. The number of hydrogen-bond donors (Lipinski definition) is 2. The maximum Gasteiger partial charge on any atom is 0.250 e. The van der Waals surface area contributed by atoms with Crippen LogP contribution in [0.1, 0.15) is 75.4 Å². The molecule has 4 rings (SSSR count). The normalized spacial score (nSPS) is 23.4. The number of benzene rings is 2. The zero-order valence-corrected chi connectivity index (χ0v) is 23.6. The zero-order chi connectivity index (χ0) is 27.4. The van der Waals surface area contributed by atoms with E-state index < -0.39 is 0 Å². The van der Waals surface area contributed by atoms with Crippen LogP contribution < -0.4 is 15.4 Å². The van der Waals surface area contributed by atoms with E-state index in [9.17, 15) is 9.59 Å². The van der Waals surface area contributed by atoms with Crippen LogP contribution in [-0.2, 0) is 16.0 Å². The number of carbonyl (C=O) groups is 2. The number of ether oxygens (including phenoxy) is 2. The Morgan fingerprint density at radius 3 is 2.55 bits per heavy atom. The second kappa shape index (κ2) is 11.7. The lowest BCUT2D eigenvalue weighted by Crippen LogP contribution is -2.43. The number of allylic oxidation sites excluding steroid dienone is 1. The third-order valence-corrected chi connectivity index (χ3v) is 7.83. The monoisotopic (exact) mass is 518 g/mol. The maximum absolute atomic E-state index is 13.2. The number of anilines is 1. The van der Waals surface area contributed by atoms with Gasteiger partial charge in [0.15, 0.2) is 5.78 Å². The quantitative estimate of drug-likeness (QED) is 0.319. The summed E-state index contributed by atoms with van der Waals surface area (Å²) in [7, 11) is 1.64. The Morgan fingerprint density at radius 2 is 1.87 bits per heavy atom. The molecule has 0 unspecified atom stereocenters. The number of rotatable bonds is 8. The van der Waals surface area contributed by atoms with Crippen molar-refractivity contribution < 1.29 is 19.1 Å². The number of hydrogen-bond acceptors (Lipinski definition) is 5. The molecule has 1 saturated carbocycles. The van der Waals surface area contributed by atoms with Gasteiger partial charge in [-0.2, -0.15) is 0 Å². The van der Waals surface area contributed by atoms with E-state index >= 15 is 0 Å². The summed E-state index contributed by atoms with van der Waals surface area (Å²) in [5.74, 6) is 2.14. The first-order valence-electron chi connectivity index (χ1n) is 13.8. The molecule has 2 aromatic carbocycles. The van der Waals surface area contributed by atoms with Crippen LogP contribution in [0.2, 0.25) is 0 Å². The second-order valence-electron chi connectivity index (χ2n) is 11.9. The van der Waals surface area contributed by atoms with Crippen molar-refractivity contribution in [1.82, 2.24) is 5.32 Å². The minimum absolute atomic E-state index is 0.0394. The number of ketones is 1. The number of nitrogens with one attached hydrogen (secondary N) is 2. The van der Waals surface area contributed by atoms with Crippen LogP contribution in [0.15, 0.2) is 48.5 Å². The van der Waals surface area contributed by atoms with Crippen molar-refractivity contribution in [2.45, 2.75) is 71.9 Å². The van der Waals surface area contributed by atoms with Gasteiger partial charge in [-0.05, 0) is 92.8 Å². The molecule has 1 aliphatic carbocycles. The van der Waals surface area contributed by atoms with Gasteiger partial charge < -0.3 is 20.1 Å². The molecule has 2 N–H and O–H groups in total. The van der Waals surface area contributed by atoms with Gasteiger partial charge in [0.25, 0.3) is 0 Å². The van der Waals surface area contributed by atoms with E-state index in [-0.39, 0.29) is 29.9 Å². The predicted octanol–water partition coefficient (Wildman–Crippen LogP) is 6.26. The molecule has 1 amide bonds. The SMILES string of the molecule is COc1ccc2c(c1)C(=CC(=O)c1ccc(NC(=O)CO[C@@H]3C[C@H](C)CC[C@H]3C(C)C)cc1)NC(C)(C)C2. The highest BCUT2D eigenvalue weighted by atomic mass is 16.5. The van der Waals surface area contributed by atoms with Gasteiger partial charge in [0.2, 0.25) is 5.91 Å². The van der Waals surface area contributed by atoms with E-state index in [0.717, 1.165) is 36.3 Å². The Morgan fingerprint density at radius 1 is 1.13 bits per heavy atom. The summed E-state index contributed by atoms with van der Waals surface area (Å²) in [5.41, 5.74) is 3.97. The molecule has 6 nitrogen and oxygen atoms in total. The van der Waals surface area contributed by atoms with Gasteiger partial charge in [-0.3, -0.25) is 9.59 Å². The Kier molecular flexibility index (Phi) is 8.61. The predicted molar refractivity (Wildman–Crippen MR) is 152 cm³/mol. The average Bonchev–Trinajstić information content (AvgIpc) is 2.87. The number of methoxy groups -OCH3 is 1. The fraction of sp³-hybridized carbons (Fsp3) is 0.500. The fourth-order valence-electron chi connectivity index (χ4n) is 5.77. The molecule has 1 fully saturated rings. The van der Waals surface area contributed by atoms with Gasteiger partial charge in [-0.15, -0.1) is 0 Å². The summed E-state index contributed by atoms with van der Waals surface area (Å²) in [6.45, 7) is 11.0. The molecule has 0 radical (unpaired) electrons. The summed E-state index contributed by atoms with van der Waals surface area (Å²) >= 11 is 0. The van der Waals surface area contributed by atoms with Crippen LogP contribution in [0.25, 0.3) is 5.70 Å². The van der Waals surface area contributed by atoms with Crippen molar-refractivity contribution in [1.29, 1.82) is 0 Å². The Hall–Kier alpha value is -3.12. The zero-order valence-electron chi connectivity index (χ0n) is 23.6. The molecule has 6 heteroatoms. The van der Waals surface area contributed by atoms with Crippen LogP contribution in [0, 0.1) is 17.8 Å². The minimum atomic E-state index is -0.175. The lowest BCUT2D eigenvalue weighted by molar-refractivity contribution is -0.126. The maximum atomic E-state index is 13.2. The van der Waals surface area contributed by atoms with Gasteiger partial charge >= 0.3 is 0 Å². The molecule has 2 aromatic rings. The van der Waals surface area contributed by atoms with E-state index in [1.165, 1.54) is 12.0 Å². The van der Waals surface area contributed by atoms with Gasteiger partial charge in [-0.1, -0.05) is 33.3 Å². The van der Waals surface area contributed by atoms with E-state index in [1.807, 2.05) is 12.1 Å². The smallest absolute Gasteiger partial charge is 0.250 e. The Bertz CT molecular complexity index is 1180. The molecule has 1 heterocycles. The average molecular weight is 519 g/mol. The van der Waals surface area contributed by atoms with Crippen molar-refractivity contribution in [3.63, 3.8) is 0 Å². The molecule has 204 valence electrons. The largest absolute Gasteiger partial charge is 0.497 e. The van der Waals surface area contributed by atoms with Crippen LogP contribution >= 0.6 is 0 Å². The Labute approximate surface area is 227 Å². The van der Waals surface area contributed by atoms with Gasteiger partial charge in [0, 0.05) is 34.1 Å². The molecule has 2 aliphatic rings. The lowest BCUT2D eigenvalue weighted by Gasteiger charge is -2.37. The molecular weight excluding hydrogens is 476 g/mol. The lowest BCUT2D eigenvalue weighted by atomic mass is 9.75. The Balaban J connectivity index is 1.39. The van der Waals surface area contributed by atoms with Gasteiger partial charge in [0.1, 0.15) is 12.4 Å². The van der Waals surface area contributed by atoms with E-state index in [2.05, 4.69) is 51.3 Å². The van der Waals surface area contributed by atoms with E-state index in [0.29, 0.717) is 29.0 Å². The molecule has 0 saturated heterocycles. The van der Waals surface area contributed by atoms with Crippen LogP contribution in [0.4, 0.5) is 5.69 Å². The van der Waals surface area contributed by atoms with E-state index in [1.54, 1.807) is 37.5 Å². The molecule has 1 aliphatic heterocycles. The third-order valence-electron chi connectivity index (χ3n) is 7.83. The summed E-state index contributed by atoms with van der Waals surface area (Å²) in [6, 6.07) is 13.0. The van der Waals surface area contributed by atoms with Crippen LogP contribution in [0.5, 0.6) is 5.75 Å². The standard InChI is InChI=1S/C32H42N2O4/c1-20(2)26-14-7-21(3)15-30(26)38-19-31(36)33-24-11-8-22(9-12-24)29(35)17-28-27-16-25(37-6)13-10-23(27)18-32(4,5)34-28/h8-13,16-17,20-21,26,30,34H,7,14-15,18-19H2,1-6H3,(H,33,36)/t21-,26+,30-/m1/s1. The summed E-state index contributed by atoms with van der Waals surface area (Å²) in [5, 5.41) is 6.41. The first kappa shape index (κ1) is 27.9. The molecule has 0 spiro atoms. The highest BCUT2D eigenvalue weighted by Crippen LogP contribution is 2.35. The fourth-order valence-corrected chi connectivity index (χ4v) is 5.77. The first-order valence-corrected chi connectivity index (χ1v) is 13.8. The summed E-state index contributed by atoms with van der Waals surface area (Å²) in [6.07, 6.45) is 6.02. The van der Waals surface area contributed by atoms with Crippen molar-refractivity contribution in [3.05, 3.63) is 65.2 Å². The van der Waals surface area contributed by atoms with Gasteiger partial charge in [-0.25, -0.2) is 0 Å². The molecule has 3 atom stereocenters. The molecule has 0 aromatic heterocycles. The topological polar surface area (TPSA) is 76.7 Å². The summed E-state index contributed by atoms with van der Waals surface area (Å²) in [4.78, 5) is 25.8. The first-order chi connectivity index (χ1) is 18.0. The number of fused-ring (bicyclic) bond motifs is 1. The second-order valence-corrected chi connectivity index (χ2v) is 11.9. The molecule has 0 bridgehead atoms. The number of carbonyl (C=O) groups excluding carboxylic acids is 2. The third kappa shape index (κ3) is 6.84. The van der Waals surface area contributed by atoms with E-state index in [4.69, 9.17) is 9.47 Å². The summed E-state index contributed by atoms with van der Waals surface area (Å²) < 4.78 is 11.5. The highest BCUT2D eigenvalue weighted by molar-refractivity contribution is 6.09.